The van der Waals surface area contributed by atoms with E-state index in [4.69, 9.17) is 5.73 Å². The fourth-order valence-electron chi connectivity index (χ4n) is 2.47. The van der Waals surface area contributed by atoms with Gasteiger partial charge in [0.2, 0.25) is 0 Å². The van der Waals surface area contributed by atoms with Gasteiger partial charge in [0.15, 0.2) is 0 Å². The Morgan fingerprint density at radius 2 is 2.18 bits per heavy atom. The summed E-state index contributed by atoms with van der Waals surface area (Å²) in [5.41, 5.74) is 7.22. The summed E-state index contributed by atoms with van der Waals surface area (Å²) in [6.45, 7) is 2.08. The van der Waals surface area contributed by atoms with Crippen LogP contribution in [-0.2, 0) is 0 Å². The highest BCUT2D eigenvalue weighted by molar-refractivity contribution is 7.99. The molecule has 94 valence electrons. The van der Waals surface area contributed by atoms with Gasteiger partial charge < -0.3 is 5.73 Å². The number of rotatable bonds is 5. The summed E-state index contributed by atoms with van der Waals surface area (Å²) in [4.78, 5) is 4.44. The molecule has 0 amide bonds. The molecule has 1 heterocycles. The molecule has 1 fully saturated rings. The smallest absolute Gasteiger partial charge is 0.0618 e. The fraction of sp³-hybridized carbons (Fsp3) is 0.643. The molecular weight excluding hydrogens is 228 g/mol. The van der Waals surface area contributed by atoms with Crippen molar-refractivity contribution in [3.63, 3.8) is 0 Å². The summed E-state index contributed by atoms with van der Waals surface area (Å²) in [6.07, 6.45) is 7.50. The van der Waals surface area contributed by atoms with Crippen LogP contribution in [0.5, 0.6) is 0 Å². The first-order valence-electron chi connectivity index (χ1n) is 6.55. The molecule has 2 unspecified atom stereocenters. The predicted octanol–water partition coefficient (Wildman–Crippen LogP) is 3.39. The molecular formula is C14H22N2S. The van der Waals surface area contributed by atoms with E-state index in [2.05, 4.69) is 18.0 Å². The molecule has 0 aliphatic heterocycles. The van der Waals surface area contributed by atoms with Crippen LogP contribution in [0, 0.1) is 5.92 Å². The summed E-state index contributed by atoms with van der Waals surface area (Å²) >= 11 is 1.99. The first-order valence-corrected chi connectivity index (χ1v) is 7.60. The molecule has 2 atom stereocenters. The largest absolute Gasteiger partial charge is 0.327 e. The summed E-state index contributed by atoms with van der Waals surface area (Å²) in [6, 6.07) is 6.27. The van der Waals surface area contributed by atoms with Crippen molar-refractivity contribution in [3.05, 3.63) is 30.1 Å². The highest BCUT2D eigenvalue weighted by atomic mass is 32.2. The zero-order valence-corrected chi connectivity index (χ0v) is 11.3. The van der Waals surface area contributed by atoms with Crippen LogP contribution >= 0.6 is 11.8 Å². The molecule has 0 aromatic carbocycles. The summed E-state index contributed by atoms with van der Waals surface area (Å²) in [5.74, 6) is 2.15. The maximum Gasteiger partial charge on any atom is 0.0618 e. The van der Waals surface area contributed by atoms with Gasteiger partial charge in [0.1, 0.15) is 0 Å². The lowest BCUT2D eigenvalue weighted by molar-refractivity contribution is 0.617. The second-order valence-electron chi connectivity index (χ2n) is 5.02. The topological polar surface area (TPSA) is 38.9 Å². The third kappa shape index (κ3) is 3.71. The Labute approximate surface area is 108 Å². The first-order chi connectivity index (χ1) is 8.27. The zero-order valence-electron chi connectivity index (χ0n) is 10.5. The number of hydrogen-bond acceptors (Lipinski definition) is 3. The number of hydrogen-bond donors (Lipinski definition) is 1. The molecule has 1 aliphatic rings. The molecule has 1 aromatic rings. The summed E-state index contributed by atoms with van der Waals surface area (Å²) in [5, 5.41) is 0.344. The standard InChI is InChI=1S/C14H22N2S/c1-11(15)14(13-8-4-5-9-16-13)17-10-12-6-2-3-7-12/h4-5,8-9,11-12,14H,2-3,6-7,10,15H2,1H3. The lowest BCUT2D eigenvalue weighted by atomic mass is 10.1. The van der Waals surface area contributed by atoms with Crippen molar-refractivity contribution in [2.75, 3.05) is 5.75 Å². The summed E-state index contributed by atoms with van der Waals surface area (Å²) in [7, 11) is 0. The van der Waals surface area contributed by atoms with Gasteiger partial charge in [-0.05, 0) is 43.6 Å². The van der Waals surface area contributed by atoms with Gasteiger partial charge in [0.25, 0.3) is 0 Å². The van der Waals surface area contributed by atoms with Crippen LogP contribution in [0.25, 0.3) is 0 Å². The molecule has 17 heavy (non-hydrogen) atoms. The second kappa shape index (κ2) is 6.41. The van der Waals surface area contributed by atoms with Gasteiger partial charge in [0.05, 0.1) is 10.9 Å². The average molecular weight is 250 g/mol. The minimum atomic E-state index is 0.163. The van der Waals surface area contributed by atoms with E-state index in [0.717, 1.165) is 11.6 Å². The van der Waals surface area contributed by atoms with Crippen molar-refractivity contribution >= 4 is 11.8 Å². The molecule has 0 bridgehead atoms. The minimum absolute atomic E-state index is 0.163. The maximum absolute atomic E-state index is 6.09. The molecule has 2 rings (SSSR count). The Morgan fingerprint density at radius 3 is 2.76 bits per heavy atom. The number of pyridine rings is 1. The minimum Gasteiger partial charge on any atom is -0.327 e. The van der Waals surface area contributed by atoms with Crippen molar-refractivity contribution in [3.8, 4) is 0 Å². The van der Waals surface area contributed by atoms with E-state index >= 15 is 0 Å². The van der Waals surface area contributed by atoms with Gasteiger partial charge in [-0.25, -0.2) is 0 Å². The van der Waals surface area contributed by atoms with Crippen LogP contribution in [0.2, 0.25) is 0 Å². The maximum atomic E-state index is 6.09. The third-order valence-electron chi connectivity index (χ3n) is 3.44. The predicted molar refractivity (Wildman–Crippen MR) is 75.0 cm³/mol. The Morgan fingerprint density at radius 1 is 1.41 bits per heavy atom. The van der Waals surface area contributed by atoms with Gasteiger partial charge >= 0.3 is 0 Å². The van der Waals surface area contributed by atoms with E-state index in [1.54, 1.807) is 0 Å². The van der Waals surface area contributed by atoms with E-state index in [1.807, 2.05) is 30.1 Å². The first kappa shape index (κ1) is 12.9. The fourth-order valence-corrected chi connectivity index (χ4v) is 3.89. The van der Waals surface area contributed by atoms with E-state index in [0.29, 0.717) is 5.25 Å². The molecule has 0 radical (unpaired) electrons. The van der Waals surface area contributed by atoms with E-state index < -0.39 is 0 Å². The Balaban J connectivity index is 1.93. The van der Waals surface area contributed by atoms with E-state index in [-0.39, 0.29) is 6.04 Å². The van der Waals surface area contributed by atoms with Gasteiger partial charge in [-0.3, -0.25) is 4.98 Å². The highest BCUT2D eigenvalue weighted by Gasteiger charge is 2.21. The lowest BCUT2D eigenvalue weighted by Crippen LogP contribution is -2.24. The monoisotopic (exact) mass is 250 g/mol. The average Bonchev–Trinajstić information content (AvgIpc) is 2.83. The van der Waals surface area contributed by atoms with E-state index in [1.165, 1.54) is 31.4 Å². The van der Waals surface area contributed by atoms with Crippen LogP contribution in [0.4, 0.5) is 0 Å². The molecule has 0 spiro atoms. The molecule has 1 aliphatic carbocycles. The number of aromatic nitrogens is 1. The van der Waals surface area contributed by atoms with Crippen LogP contribution in [-0.4, -0.2) is 16.8 Å². The quantitative estimate of drug-likeness (QED) is 0.870. The Bertz CT molecular complexity index is 320. The third-order valence-corrected chi connectivity index (χ3v) is 5.14. The molecule has 2 nitrogen and oxygen atoms in total. The number of nitrogens with two attached hydrogens (primary N) is 1. The second-order valence-corrected chi connectivity index (χ2v) is 6.19. The lowest BCUT2D eigenvalue weighted by Gasteiger charge is -2.21. The van der Waals surface area contributed by atoms with Crippen molar-refractivity contribution < 1.29 is 0 Å². The molecule has 2 N–H and O–H groups in total. The Kier molecular flexibility index (Phi) is 4.86. The van der Waals surface area contributed by atoms with Gasteiger partial charge in [0, 0.05) is 12.2 Å². The van der Waals surface area contributed by atoms with Crippen LogP contribution in [0.1, 0.15) is 43.6 Å². The van der Waals surface area contributed by atoms with Crippen molar-refractivity contribution in [2.45, 2.75) is 43.9 Å². The van der Waals surface area contributed by atoms with E-state index in [9.17, 15) is 0 Å². The van der Waals surface area contributed by atoms with Crippen molar-refractivity contribution in [1.82, 2.24) is 4.98 Å². The van der Waals surface area contributed by atoms with Crippen LogP contribution in [0.15, 0.2) is 24.4 Å². The highest BCUT2D eigenvalue weighted by Crippen LogP contribution is 2.35. The summed E-state index contributed by atoms with van der Waals surface area (Å²) < 4.78 is 0. The van der Waals surface area contributed by atoms with Crippen molar-refractivity contribution in [2.24, 2.45) is 11.7 Å². The van der Waals surface area contributed by atoms with Gasteiger partial charge in [-0.1, -0.05) is 18.9 Å². The van der Waals surface area contributed by atoms with Gasteiger partial charge in [-0.2, -0.15) is 11.8 Å². The Hall–Kier alpha value is -0.540. The number of nitrogens with zero attached hydrogens (tertiary/aromatic N) is 1. The normalized spacial score (nSPS) is 20.4. The molecule has 1 saturated carbocycles. The zero-order chi connectivity index (χ0) is 12.1. The number of thioether (sulfide) groups is 1. The SMILES string of the molecule is CC(N)C(SCC1CCCC1)c1ccccn1. The van der Waals surface area contributed by atoms with Crippen molar-refractivity contribution in [1.29, 1.82) is 0 Å². The molecule has 3 heteroatoms. The van der Waals surface area contributed by atoms with Crippen LogP contribution < -0.4 is 5.73 Å². The molecule has 0 saturated heterocycles. The van der Waals surface area contributed by atoms with Gasteiger partial charge in [-0.15, -0.1) is 0 Å². The molecule has 1 aromatic heterocycles. The van der Waals surface area contributed by atoms with Crippen LogP contribution in [0.3, 0.4) is 0 Å².